The highest BCUT2D eigenvalue weighted by atomic mass is 16.5. The normalized spacial score (nSPS) is 10.1. The van der Waals surface area contributed by atoms with Crippen molar-refractivity contribution in [3.63, 3.8) is 0 Å². The van der Waals surface area contributed by atoms with Crippen LogP contribution in [0.1, 0.15) is 21.5 Å². The highest BCUT2D eigenvalue weighted by Gasteiger charge is 2.13. The van der Waals surface area contributed by atoms with Gasteiger partial charge in [0.25, 0.3) is 0 Å². The molecule has 110 valence electrons. The van der Waals surface area contributed by atoms with Crippen LogP contribution in [-0.2, 0) is 0 Å². The van der Waals surface area contributed by atoms with Crippen molar-refractivity contribution in [1.82, 2.24) is 0 Å². The van der Waals surface area contributed by atoms with Crippen LogP contribution in [0.4, 0.5) is 0 Å². The molecule has 0 aliphatic carbocycles. The van der Waals surface area contributed by atoms with E-state index >= 15 is 0 Å². The summed E-state index contributed by atoms with van der Waals surface area (Å²) in [6.45, 7) is 3.98. The molecule has 0 aliphatic heterocycles. The Bertz CT molecular complexity index is 662. The molecular formula is C17H18O4. The van der Waals surface area contributed by atoms with Crippen molar-refractivity contribution in [3.05, 3.63) is 53.1 Å². The van der Waals surface area contributed by atoms with Gasteiger partial charge in [-0.3, -0.25) is 0 Å². The summed E-state index contributed by atoms with van der Waals surface area (Å²) >= 11 is 0. The van der Waals surface area contributed by atoms with Gasteiger partial charge in [-0.05, 0) is 55.3 Å². The first kappa shape index (κ1) is 14.9. The average molecular weight is 286 g/mol. The van der Waals surface area contributed by atoms with E-state index in [-0.39, 0.29) is 0 Å². The average Bonchev–Trinajstić information content (AvgIpc) is 2.50. The van der Waals surface area contributed by atoms with Crippen molar-refractivity contribution >= 4 is 5.97 Å². The first-order valence-electron chi connectivity index (χ1n) is 6.56. The first-order valence-corrected chi connectivity index (χ1v) is 6.56. The van der Waals surface area contributed by atoms with Crippen LogP contribution in [0.5, 0.6) is 17.2 Å². The summed E-state index contributed by atoms with van der Waals surface area (Å²) in [5.41, 5.74) is 2.64. The number of methoxy groups -OCH3 is 2. The molecule has 0 N–H and O–H groups in total. The van der Waals surface area contributed by atoms with Gasteiger partial charge in [0, 0.05) is 0 Å². The molecule has 4 heteroatoms. The second kappa shape index (κ2) is 6.31. The predicted molar refractivity (Wildman–Crippen MR) is 80.4 cm³/mol. The van der Waals surface area contributed by atoms with Crippen molar-refractivity contribution < 1.29 is 19.0 Å². The monoisotopic (exact) mass is 286 g/mol. The topological polar surface area (TPSA) is 44.8 Å². The Labute approximate surface area is 124 Å². The molecule has 2 rings (SSSR count). The van der Waals surface area contributed by atoms with E-state index in [1.807, 2.05) is 26.0 Å². The third-order valence-corrected chi connectivity index (χ3v) is 3.31. The van der Waals surface area contributed by atoms with Crippen LogP contribution < -0.4 is 14.2 Å². The number of ether oxygens (including phenoxy) is 3. The van der Waals surface area contributed by atoms with Gasteiger partial charge in [-0.25, -0.2) is 4.79 Å². The van der Waals surface area contributed by atoms with Gasteiger partial charge in [-0.15, -0.1) is 0 Å². The first-order chi connectivity index (χ1) is 10.0. The Morgan fingerprint density at radius 3 is 2.19 bits per heavy atom. The lowest BCUT2D eigenvalue weighted by Gasteiger charge is -2.10. The van der Waals surface area contributed by atoms with E-state index < -0.39 is 5.97 Å². The molecule has 0 fully saturated rings. The van der Waals surface area contributed by atoms with Gasteiger partial charge in [0.15, 0.2) is 11.5 Å². The summed E-state index contributed by atoms with van der Waals surface area (Å²) in [5.74, 6) is 1.16. The smallest absolute Gasteiger partial charge is 0.343 e. The summed E-state index contributed by atoms with van der Waals surface area (Å²) in [5, 5.41) is 0. The standard InChI is InChI=1S/C17H18O4/c1-11-5-7-14(9-12(11)2)21-17(18)13-6-8-15(19-3)16(10-13)20-4/h5-10H,1-4H3. The minimum absolute atomic E-state index is 0.408. The molecule has 0 radical (unpaired) electrons. The van der Waals surface area contributed by atoms with Gasteiger partial charge in [0.2, 0.25) is 0 Å². The van der Waals surface area contributed by atoms with Gasteiger partial charge in [0.1, 0.15) is 5.75 Å². The van der Waals surface area contributed by atoms with Crippen LogP contribution >= 0.6 is 0 Å². The van der Waals surface area contributed by atoms with E-state index in [1.54, 1.807) is 31.4 Å². The molecule has 0 bridgehead atoms. The minimum atomic E-state index is -0.431. The maximum Gasteiger partial charge on any atom is 0.343 e. The number of carbonyl (C=O) groups excluding carboxylic acids is 1. The van der Waals surface area contributed by atoms with Crippen molar-refractivity contribution in [1.29, 1.82) is 0 Å². The van der Waals surface area contributed by atoms with E-state index in [4.69, 9.17) is 14.2 Å². The minimum Gasteiger partial charge on any atom is -0.493 e. The summed E-state index contributed by atoms with van der Waals surface area (Å²) in [4.78, 5) is 12.2. The fourth-order valence-electron chi connectivity index (χ4n) is 1.91. The molecule has 0 aromatic heterocycles. The third-order valence-electron chi connectivity index (χ3n) is 3.31. The molecule has 4 nitrogen and oxygen atoms in total. The summed E-state index contributed by atoms with van der Waals surface area (Å²) in [6, 6.07) is 10.5. The van der Waals surface area contributed by atoms with Crippen LogP contribution in [-0.4, -0.2) is 20.2 Å². The maximum atomic E-state index is 12.2. The zero-order valence-electron chi connectivity index (χ0n) is 12.6. The third kappa shape index (κ3) is 3.34. The molecule has 0 aliphatic rings. The molecule has 0 unspecified atom stereocenters. The fraction of sp³-hybridized carbons (Fsp3) is 0.235. The second-order valence-corrected chi connectivity index (χ2v) is 4.71. The van der Waals surface area contributed by atoms with Gasteiger partial charge in [-0.2, -0.15) is 0 Å². The number of benzene rings is 2. The van der Waals surface area contributed by atoms with E-state index in [2.05, 4.69) is 0 Å². The summed E-state index contributed by atoms with van der Waals surface area (Å²) in [7, 11) is 3.07. The molecule has 0 spiro atoms. The lowest BCUT2D eigenvalue weighted by atomic mass is 10.1. The van der Waals surface area contributed by atoms with Crippen LogP contribution in [0.3, 0.4) is 0 Å². The van der Waals surface area contributed by atoms with Crippen molar-refractivity contribution in [2.45, 2.75) is 13.8 Å². The lowest BCUT2D eigenvalue weighted by molar-refractivity contribution is 0.0734. The molecule has 21 heavy (non-hydrogen) atoms. The summed E-state index contributed by atoms with van der Waals surface area (Å²) < 4.78 is 15.7. The molecule has 2 aromatic carbocycles. The van der Waals surface area contributed by atoms with Crippen molar-refractivity contribution in [3.8, 4) is 17.2 Å². The largest absolute Gasteiger partial charge is 0.493 e. The van der Waals surface area contributed by atoms with Gasteiger partial charge in [-0.1, -0.05) is 6.07 Å². The molecule has 0 amide bonds. The van der Waals surface area contributed by atoms with Gasteiger partial charge in [0.05, 0.1) is 19.8 Å². The Morgan fingerprint density at radius 2 is 1.57 bits per heavy atom. The Hall–Kier alpha value is -2.49. The van der Waals surface area contributed by atoms with Gasteiger partial charge < -0.3 is 14.2 Å². The number of rotatable bonds is 4. The molecule has 2 aromatic rings. The van der Waals surface area contributed by atoms with Crippen LogP contribution in [0.15, 0.2) is 36.4 Å². The zero-order chi connectivity index (χ0) is 15.4. The summed E-state index contributed by atoms with van der Waals surface area (Å²) in [6.07, 6.45) is 0. The van der Waals surface area contributed by atoms with Crippen LogP contribution in [0, 0.1) is 13.8 Å². The van der Waals surface area contributed by atoms with Crippen molar-refractivity contribution in [2.24, 2.45) is 0 Å². The Morgan fingerprint density at radius 1 is 0.857 bits per heavy atom. The Kier molecular flexibility index (Phi) is 4.48. The maximum absolute atomic E-state index is 12.2. The molecule has 0 saturated carbocycles. The van der Waals surface area contributed by atoms with E-state index in [0.717, 1.165) is 11.1 Å². The van der Waals surface area contributed by atoms with E-state index in [1.165, 1.54) is 7.11 Å². The number of hydrogen-bond acceptors (Lipinski definition) is 4. The van der Waals surface area contributed by atoms with Gasteiger partial charge >= 0.3 is 5.97 Å². The molecule has 0 atom stereocenters. The van der Waals surface area contributed by atoms with Crippen molar-refractivity contribution in [2.75, 3.05) is 14.2 Å². The second-order valence-electron chi connectivity index (χ2n) is 4.71. The SMILES string of the molecule is COc1ccc(C(=O)Oc2ccc(C)c(C)c2)cc1OC. The fourth-order valence-corrected chi connectivity index (χ4v) is 1.91. The number of esters is 1. The lowest BCUT2D eigenvalue weighted by Crippen LogP contribution is -2.09. The van der Waals surface area contributed by atoms with Crippen LogP contribution in [0.25, 0.3) is 0 Å². The van der Waals surface area contributed by atoms with Crippen LogP contribution in [0.2, 0.25) is 0 Å². The number of carbonyl (C=O) groups is 1. The highest BCUT2D eigenvalue weighted by molar-refractivity contribution is 5.91. The number of hydrogen-bond donors (Lipinski definition) is 0. The number of aryl methyl sites for hydroxylation is 2. The highest BCUT2D eigenvalue weighted by Crippen LogP contribution is 2.28. The predicted octanol–water partition coefficient (Wildman–Crippen LogP) is 3.54. The Balaban J connectivity index is 2.21. The molecular weight excluding hydrogens is 268 g/mol. The van der Waals surface area contributed by atoms with E-state index in [9.17, 15) is 4.79 Å². The van der Waals surface area contributed by atoms with E-state index in [0.29, 0.717) is 22.8 Å². The quantitative estimate of drug-likeness (QED) is 0.637. The zero-order valence-corrected chi connectivity index (χ0v) is 12.6. The molecule has 0 heterocycles. The molecule has 0 saturated heterocycles.